The van der Waals surface area contributed by atoms with E-state index in [-0.39, 0.29) is 18.0 Å². The molecule has 0 saturated heterocycles. The fourth-order valence-electron chi connectivity index (χ4n) is 1.52. The molecule has 94 valence electrons. The van der Waals surface area contributed by atoms with Gasteiger partial charge in [-0.25, -0.2) is 13.2 Å². The van der Waals surface area contributed by atoms with E-state index in [4.69, 9.17) is 10.5 Å². The Balaban J connectivity index is 2.33. The summed E-state index contributed by atoms with van der Waals surface area (Å²) in [6.45, 7) is 0.0604. The molecule has 0 aromatic heterocycles. The maximum absolute atomic E-state index is 13.0. The Labute approximate surface area is 102 Å². The molecule has 0 fully saturated rings. The fourth-order valence-corrected chi connectivity index (χ4v) is 1.52. The average molecular weight is 253 g/mol. The smallest absolute Gasteiger partial charge is 0.133 e. The molecular formula is C13H10F3NO. The summed E-state index contributed by atoms with van der Waals surface area (Å²) in [5.41, 5.74) is 5.85. The predicted molar refractivity (Wildman–Crippen MR) is 60.7 cm³/mol. The van der Waals surface area contributed by atoms with E-state index in [1.54, 1.807) is 0 Å². The Morgan fingerprint density at radius 1 is 0.889 bits per heavy atom. The molecule has 0 amide bonds. The van der Waals surface area contributed by atoms with E-state index in [1.807, 2.05) is 0 Å². The molecule has 2 aromatic rings. The van der Waals surface area contributed by atoms with Crippen molar-refractivity contribution >= 4 is 0 Å². The number of hydrogen-bond donors (Lipinski definition) is 1. The van der Waals surface area contributed by atoms with Gasteiger partial charge in [-0.15, -0.1) is 0 Å². The molecule has 0 aliphatic heterocycles. The van der Waals surface area contributed by atoms with Gasteiger partial charge in [-0.05, 0) is 18.2 Å². The molecule has 0 atom stereocenters. The van der Waals surface area contributed by atoms with Gasteiger partial charge >= 0.3 is 0 Å². The second-order valence-electron chi connectivity index (χ2n) is 3.66. The van der Waals surface area contributed by atoms with Crippen molar-refractivity contribution in [2.24, 2.45) is 5.73 Å². The maximum atomic E-state index is 13.0. The molecule has 0 bridgehead atoms. The Morgan fingerprint density at radius 3 is 2.17 bits per heavy atom. The molecule has 0 aliphatic carbocycles. The first-order valence-electron chi connectivity index (χ1n) is 5.21. The van der Waals surface area contributed by atoms with Gasteiger partial charge in [0.15, 0.2) is 0 Å². The summed E-state index contributed by atoms with van der Waals surface area (Å²) in [6.07, 6.45) is 0. The maximum Gasteiger partial charge on any atom is 0.133 e. The summed E-state index contributed by atoms with van der Waals surface area (Å²) in [4.78, 5) is 0. The number of rotatable bonds is 3. The minimum atomic E-state index is -0.749. The van der Waals surface area contributed by atoms with Gasteiger partial charge < -0.3 is 10.5 Å². The number of halogens is 3. The minimum absolute atomic E-state index is 0.00573. The van der Waals surface area contributed by atoms with Crippen LogP contribution in [0.4, 0.5) is 13.2 Å². The molecule has 18 heavy (non-hydrogen) atoms. The Bertz CT molecular complexity index is 552. The van der Waals surface area contributed by atoms with Crippen LogP contribution in [0.3, 0.4) is 0 Å². The number of ether oxygens (including phenoxy) is 1. The third-order valence-electron chi connectivity index (χ3n) is 2.31. The predicted octanol–water partition coefficient (Wildman–Crippen LogP) is 3.35. The minimum Gasteiger partial charge on any atom is -0.457 e. The summed E-state index contributed by atoms with van der Waals surface area (Å²) >= 11 is 0. The molecule has 0 unspecified atom stereocenters. The van der Waals surface area contributed by atoms with Crippen molar-refractivity contribution < 1.29 is 17.9 Å². The van der Waals surface area contributed by atoms with Crippen LogP contribution in [0.1, 0.15) is 5.56 Å². The average Bonchev–Trinajstić information content (AvgIpc) is 2.30. The van der Waals surface area contributed by atoms with E-state index < -0.39 is 17.5 Å². The Kier molecular flexibility index (Phi) is 3.53. The van der Waals surface area contributed by atoms with Crippen LogP contribution in [0, 0.1) is 17.5 Å². The highest BCUT2D eigenvalue weighted by Crippen LogP contribution is 2.27. The van der Waals surface area contributed by atoms with Crippen LogP contribution >= 0.6 is 0 Å². The van der Waals surface area contributed by atoms with Gasteiger partial charge in [0.05, 0.1) is 0 Å². The molecule has 2 rings (SSSR count). The molecule has 5 heteroatoms. The van der Waals surface area contributed by atoms with Crippen molar-refractivity contribution in [2.45, 2.75) is 6.54 Å². The van der Waals surface area contributed by atoms with Gasteiger partial charge in [0.1, 0.15) is 29.0 Å². The lowest BCUT2D eigenvalue weighted by atomic mass is 10.2. The van der Waals surface area contributed by atoms with E-state index in [9.17, 15) is 13.2 Å². The van der Waals surface area contributed by atoms with Gasteiger partial charge in [0.2, 0.25) is 0 Å². The number of benzene rings is 2. The number of hydrogen-bond acceptors (Lipinski definition) is 2. The van der Waals surface area contributed by atoms with E-state index in [2.05, 4.69) is 0 Å². The van der Waals surface area contributed by atoms with Crippen LogP contribution in [0.2, 0.25) is 0 Å². The van der Waals surface area contributed by atoms with Crippen molar-refractivity contribution in [1.82, 2.24) is 0 Å². The summed E-state index contributed by atoms with van der Waals surface area (Å²) in [7, 11) is 0. The zero-order chi connectivity index (χ0) is 13.1. The second kappa shape index (κ2) is 5.10. The fraction of sp³-hybridized carbons (Fsp3) is 0.0769. The van der Waals surface area contributed by atoms with Gasteiger partial charge in [-0.1, -0.05) is 0 Å². The topological polar surface area (TPSA) is 35.2 Å². The third kappa shape index (κ3) is 2.81. The third-order valence-corrected chi connectivity index (χ3v) is 2.31. The van der Waals surface area contributed by atoms with E-state index >= 15 is 0 Å². The SMILES string of the molecule is NCc1cc(F)ccc1Oc1cc(F)cc(F)c1. The highest BCUT2D eigenvalue weighted by Gasteiger charge is 2.07. The van der Waals surface area contributed by atoms with Crippen LogP contribution in [0.5, 0.6) is 11.5 Å². The molecule has 2 N–H and O–H groups in total. The Morgan fingerprint density at radius 2 is 1.56 bits per heavy atom. The standard InChI is InChI=1S/C13H10F3NO/c14-9-1-2-13(8(3-9)7-17)18-12-5-10(15)4-11(16)6-12/h1-6H,7,17H2. The lowest BCUT2D eigenvalue weighted by molar-refractivity contribution is 0.461. The van der Waals surface area contributed by atoms with Crippen LogP contribution in [-0.4, -0.2) is 0 Å². The zero-order valence-electron chi connectivity index (χ0n) is 9.29. The van der Waals surface area contributed by atoms with Crippen LogP contribution in [0.15, 0.2) is 36.4 Å². The van der Waals surface area contributed by atoms with Gasteiger partial charge in [-0.3, -0.25) is 0 Å². The first kappa shape index (κ1) is 12.4. The highest BCUT2D eigenvalue weighted by atomic mass is 19.1. The van der Waals surface area contributed by atoms with E-state index in [0.29, 0.717) is 5.56 Å². The van der Waals surface area contributed by atoms with Crippen molar-refractivity contribution in [1.29, 1.82) is 0 Å². The second-order valence-corrected chi connectivity index (χ2v) is 3.66. The molecule has 0 saturated carbocycles. The van der Waals surface area contributed by atoms with Crippen LogP contribution in [0.25, 0.3) is 0 Å². The largest absolute Gasteiger partial charge is 0.457 e. The van der Waals surface area contributed by atoms with Gasteiger partial charge in [0, 0.05) is 30.3 Å². The Hall–Kier alpha value is -2.01. The van der Waals surface area contributed by atoms with Crippen LogP contribution in [-0.2, 0) is 6.54 Å². The van der Waals surface area contributed by atoms with Crippen molar-refractivity contribution in [3.63, 3.8) is 0 Å². The molecule has 2 nitrogen and oxygen atoms in total. The summed E-state index contributed by atoms with van der Waals surface area (Å²) in [5.74, 6) is -1.69. The summed E-state index contributed by atoms with van der Waals surface area (Å²) in [6, 6.07) is 6.57. The van der Waals surface area contributed by atoms with E-state index in [1.165, 1.54) is 18.2 Å². The van der Waals surface area contributed by atoms with Gasteiger partial charge in [0.25, 0.3) is 0 Å². The first-order valence-corrected chi connectivity index (χ1v) is 5.21. The molecule has 0 radical (unpaired) electrons. The van der Waals surface area contributed by atoms with Crippen molar-refractivity contribution in [2.75, 3.05) is 0 Å². The van der Waals surface area contributed by atoms with Crippen molar-refractivity contribution in [3.05, 3.63) is 59.4 Å². The monoisotopic (exact) mass is 253 g/mol. The lowest BCUT2D eigenvalue weighted by Crippen LogP contribution is -2.00. The summed E-state index contributed by atoms with van der Waals surface area (Å²) in [5, 5.41) is 0. The molecular weight excluding hydrogens is 243 g/mol. The van der Waals surface area contributed by atoms with Gasteiger partial charge in [-0.2, -0.15) is 0 Å². The highest BCUT2D eigenvalue weighted by molar-refractivity contribution is 5.38. The van der Waals surface area contributed by atoms with E-state index in [0.717, 1.165) is 18.2 Å². The zero-order valence-corrected chi connectivity index (χ0v) is 9.29. The number of nitrogens with two attached hydrogens (primary N) is 1. The molecule has 2 aromatic carbocycles. The molecule has 0 aliphatic rings. The van der Waals surface area contributed by atoms with Crippen molar-refractivity contribution in [3.8, 4) is 11.5 Å². The first-order chi connectivity index (χ1) is 8.58. The molecule has 0 spiro atoms. The lowest BCUT2D eigenvalue weighted by Gasteiger charge is -2.10. The summed E-state index contributed by atoms with van der Waals surface area (Å²) < 4.78 is 44.2. The normalized spacial score (nSPS) is 10.4. The quantitative estimate of drug-likeness (QED) is 0.910. The molecule has 0 heterocycles. The van der Waals surface area contributed by atoms with Crippen LogP contribution < -0.4 is 10.5 Å².